The first-order chi connectivity index (χ1) is 12.9. The zero-order valence-electron chi connectivity index (χ0n) is 14.4. The van der Waals surface area contributed by atoms with E-state index in [0.717, 1.165) is 17.7 Å². The fourth-order valence-corrected chi connectivity index (χ4v) is 2.64. The summed E-state index contributed by atoms with van der Waals surface area (Å²) in [6.45, 7) is 0.945. The molecular formula is C18H15F3N6. The highest BCUT2D eigenvalue weighted by atomic mass is 19.4. The monoisotopic (exact) mass is 372 g/mol. The number of halogens is 3. The first kappa shape index (κ1) is 18.5. The number of tetrazole rings is 1. The molecule has 138 valence electrons. The van der Waals surface area contributed by atoms with Crippen molar-refractivity contribution in [1.29, 1.82) is 5.26 Å². The van der Waals surface area contributed by atoms with Crippen molar-refractivity contribution in [3.63, 3.8) is 0 Å². The van der Waals surface area contributed by atoms with Crippen LogP contribution in [0.25, 0.3) is 5.69 Å². The lowest BCUT2D eigenvalue weighted by atomic mass is 10.1. The second-order valence-corrected chi connectivity index (χ2v) is 6.04. The quantitative estimate of drug-likeness (QED) is 0.688. The maximum Gasteiger partial charge on any atom is 0.416 e. The van der Waals surface area contributed by atoms with Gasteiger partial charge in [0.25, 0.3) is 0 Å². The fraction of sp³-hybridized carbons (Fsp3) is 0.222. The molecular weight excluding hydrogens is 357 g/mol. The molecule has 2 aromatic carbocycles. The fourth-order valence-electron chi connectivity index (χ4n) is 2.64. The SMILES string of the molecule is CN(Cc1cccc(C#N)c1)Cc1nnnn1-c1ccc(C(F)(F)F)cc1. The average Bonchev–Trinajstić information content (AvgIpc) is 3.09. The summed E-state index contributed by atoms with van der Waals surface area (Å²) < 4.78 is 39.5. The van der Waals surface area contributed by atoms with Crippen molar-refractivity contribution in [2.45, 2.75) is 19.3 Å². The van der Waals surface area contributed by atoms with Crippen molar-refractivity contribution in [1.82, 2.24) is 25.1 Å². The maximum absolute atomic E-state index is 12.7. The molecule has 1 aromatic heterocycles. The molecule has 0 aliphatic heterocycles. The van der Waals surface area contributed by atoms with E-state index in [1.165, 1.54) is 16.8 Å². The number of hydrogen-bond donors (Lipinski definition) is 0. The van der Waals surface area contributed by atoms with E-state index in [0.29, 0.717) is 30.2 Å². The van der Waals surface area contributed by atoms with Crippen molar-refractivity contribution < 1.29 is 13.2 Å². The molecule has 0 bridgehead atoms. The second-order valence-electron chi connectivity index (χ2n) is 6.04. The predicted octanol–water partition coefficient (Wildman–Crippen LogP) is 3.18. The van der Waals surface area contributed by atoms with Gasteiger partial charge in [0.15, 0.2) is 5.82 Å². The van der Waals surface area contributed by atoms with E-state index in [9.17, 15) is 13.2 Å². The minimum atomic E-state index is -4.39. The van der Waals surface area contributed by atoms with Crippen molar-refractivity contribution in [2.24, 2.45) is 0 Å². The summed E-state index contributed by atoms with van der Waals surface area (Å²) in [4.78, 5) is 1.95. The molecule has 0 saturated heterocycles. The van der Waals surface area contributed by atoms with Gasteiger partial charge in [-0.1, -0.05) is 12.1 Å². The highest BCUT2D eigenvalue weighted by Crippen LogP contribution is 2.29. The normalized spacial score (nSPS) is 11.6. The Kier molecular flexibility index (Phi) is 5.19. The number of rotatable bonds is 5. The molecule has 0 atom stereocenters. The van der Waals surface area contributed by atoms with Gasteiger partial charge in [0.05, 0.1) is 29.4 Å². The van der Waals surface area contributed by atoms with Crippen LogP contribution < -0.4 is 0 Å². The summed E-state index contributed by atoms with van der Waals surface area (Å²) in [7, 11) is 1.87. The van der Waals surface area contributed by atoms with Gasteiger partial charge >= 0.3 is 6.18 Å². The highest BCUT2D eigenvalue weighted by Gasteiger charge is 2.30. The van der Waals surface area contributed by atoms with Gasteiger partial charge in [-0.3, -0.25) is 4.90 Å². The first-order valence-corrected chi connectivity index (χ1v) is 7.99. The van der Waals surface area contributed by atoms with Gasteiger partial charge in [-0.2, -0.15) is 23.1 Å². The van der Waals surface area contributed by atoms with Gasteiger partial charge in [-0.25, -0.2) is 0 Å². The van der Waals surface area contributed by atoms with Crippen LogP contribution in [0.3, 0.4) is 0 Å². The molecule has 1 heterocycles. The zero-order chi connectivity index (χ0) is 19.4. The lowest BCUT2D eigenvalue weighted by molar-refractivity contribution is -0.137. The Morgan fingerprint density at radius 2 is 1.85 bits per heavy atom. The molecule has 0 N–H and O–H groups in total. The number of nitrogens with zero attached hydrogens (tertiary/aromatic N) is 6. The molecule has 3 rings (SSSR count). The van der Waals surface area contributed by atoms with E-state index >= 15 is 0 Å². The molecule has 0 radical (unpaired) electrons. The molecule has 9 heteroatoms. The van der Waals surface area contributed by atoms with Gasteiger partial charge in [-0.15, -0.1) is 5.10 Å². The Bertz CT molecular complexity index is 956. The van der Waals surface area contributed by atoms with E-state index < -0.39 is 11.7 Å². The third kappa shape index (κ3) is 4.48. The summed E-state index contributed by atoms with van der Waals surface area (Å²) in [6.07, 6.45) is -4.39. The predicted molar refractivity (Wildman–Crippen MR) is 90.5 cm³/mol. The van der Waals surface area contributed by atoms with Gasteiger partial charge in [0.1, 0.15) is 0 Å². The van der Waals surface area contributed by atoms with Crippen molar-refractivity contribution in [3.05, 3.63) is 71.0 Å². The van der Waals surface area contributed by atoms with Crippen molar-refractivity contribution >= 4 is 0 Å². The lowest BCUT2D eigenvalue weighted by Crippen LogP contribution is -2.20. The van der Waals surface area contributed by atoms with Gasteiger partial charge < -0.3 is 0 Å². The van der Waals surface area contributed by atoms with Crippen LogP contribution >= 0.6 is 0 Å². The molecule has 6 nitrogen and oxygen atoms in total. The topological polar surface area (TPSA) is 70.6 Å². The minimum absolute atomic E-state index is 0.380. The first-order valence-electron chi connectivity index (χ1n) is 7.99. The molecule has 0 unspecified atom stereocenters. The summed E-state index contributed by atoms with van der Waals surface area (Å²) in [6, 6.07) is 14.0. The third-order valence-electron chi connectivity index (χ3n) is 3.89. The molecule has 3 aromatic rings. The largest absolute Gasteiger partial charge is 0.416 e. The van der Waals surface area contributed by atoms with Crippen molar-refractivity contribution in [2.75, 3.05) is 7.05 Å². The molecule has 0 spiro atoms. The Labute approximate surface area is 153 Å². The highest BCUT2D eigenvalue weighted by molar-refractivity contribution is 5.35. The zero-order valence-corrected chi connectivity index (χ0v) is 14.4. The summed E-state index contributed by atoms with van der Waals surface area (Å²) >= 11 is 0. The number of alkyl halides is 3. The van der Waals surface area contributed by atoms with Gasteiger partial charge in [0, 0.05) is 6.54 Å². The van der Waals surface area contributed by atoms with Crippen LogP contribution in [0.4, 0.5) is 13.2 Å². The van der Waals surface area contributed by atoms with E-state index in [1.54, 1.807) is 12.1 Å². The van der Waals surface area contributed by atoms with Crippen LogP contribution in [0, 0.1) is 11.3 Å². The smallest absolute Gasteiger partial charge is 0.295 e. The molecule has 0 amide bonds. The van der Waals surface area contributed by atoms with Crippen LogP contribution in [0.15, 0.2) is 48.5 Å². The number of hydrogen-bond acceptors (Lipinski definition) is 5. The standard InChI is InChI=1S/C18H15F3N6/c1-26(11-14-4-2-3-13(9-14)10-22)12-17-23-24-25-27(17)16-7-5-15(6-8-16)18(19,20)21/h2-9H,11-12H2,1H3. The Morgan fingerprint density at radius 1 is 1.11 bits per heavy atom. The third-order valence-corrected chi connectivity index (χ3v) is 3.89. The van der Waals surface area contributed by atoms with E-state index in [2.05, 4.69) is 21.6 Å². The van der Waals surface area contributed by atoms with Crippen molar-refractivity contribution in [3.8, 4) is 11.8 Å². The number of nitriles is 1. The molecule has 27 heavy (non-hydrogen) atoms. The summed E-state index contributed by atoms with van der Waals surface area (Å²) in [5.74, 6) is 0.494. The van der Waals surface area contributed by atoms with Gasteiger partial charge in [0.2, 0.25) is 0 Å². The minimum Gasteiger partial charge on any atom is -0.295 e. The van der Waals surface area contributed by atoms with Crippen LogP contribution in [0.2, 0.25) is 0 Å². The van der Waals surface area contributed by atoms with Crippen LogP contribution in [0.5, 0.6) is 0 Å². The average molecular weight is 372 g/mol. The molecule has 0 fully saturated rings. The molecule has 0 saturated carbocycles. The van der Waals surface area contributed by atoms with E-state index in [4.69, 9.17) is 5.26 Å². The molecule has 0 aliphatic rings. The summed E-state index contributed by atoms with van der Waals surface area (Å²) in [5.41, 5.74) is 1.26. The van der Waals surface area contributed by atoms with E-state index in [1.807, 2.05) is 24.1 Å². The van der Waals surface area contributed by atoms with Crippen LogP contribution in [0.1, 0.15) is 22.5 Å². The second kappa shape index (κ2) is 7.55. The van der Waals surface area contributed by atoms with E-state index in [-0.39, 0.29) is 0 Å². The Morgan fingerprint density at radius 3 is 2.52 bits per heavy atom. The Hall–Kier alpha value is -3.25. The number of benzene rings is 2. The van der Waals surface area contributed by atoms with Crippen LogP contribution in [-0.2, 0) is 19.3 Å². The number of aromatic nitrogens is 4. The summed E-state index contributed by atoms with van der Waals surface area (Å²) in [5, 5.41) is 20.4. The van der Waals surface area contributed by atoms with Crippen LogP contribution in [-0.4, -0.2) is 32.2 Å². The molecule has 0 aliphatic carbocycles. The maximum atomic E-state index is 12.7. The lowest BCUT2D eigenvalue weighted by Gasteiger charge is -2.16. The Balaban J connectivity index is 1.74. The van der Waals surface area contributed by atoms with Gasteiger partial charge in [-0.05, 0) is 59.4 Å².